The highest BCUT2D eigenvalue weighted by atomic mass is 32.1. The van der Waals surface area contributed by atoms with Gasteiger partial charge in [0.05, 0.1) is 0 Å². The number of terminal acetylenes is 1. The standard InChI is InChI=1S/C13H19NS/c1-3-4-5-6-8-14-12(2)10-13-7-9-15-11-13/h1,7,9,11-12,14H,4-6,8,10H2,2H3. The van der Waals surface area contributed by atoms with Crippen LogP contribution in [0.15, 0.2) is 16.8 Å². The van der Waals surface area contributed by atoms with Crippen LogP contribution in [-0.4, -0.2) is 12.6 Å². The molecule has 0 aromatic carbocycles. The van der Waals surface area contributed by atoms with Crippen LogP contribution in [0, 0.1) is 12.3 Å². The fraction of sp³-hybridized carbons (Fsp3) is 0.538. The summed E-state index contributed by atoms with van der Waals surface area (Å²) in [5.74, 6) is 2.67. The van der Waals surface area contributed by atoms with Gasteiger partial charge in [-0.15, -0.1) is 12.3 Å². The van der Waals surface area contributed by atoms with Gasteiger partial charge in [-0.1, -0.05) is 0 Å². The lowest BCUT2D eigenvalue weighted by molar-refractivity contribution is 0.528. The van der Waals surface area contributed by atoms with Crippen LogP contribution in [0.1, 0.15) is 31.7 Å². The quantitative estimate of drug-likeness (QED) is 0.551. The van der Waals surface area contributed by atoms with Crippen LogP contribution in [0.5, 0.6) is 0 Å². The van der Waals surface area contributed by atoms with Gasteiger partial charge in [0.15, 0.2) is 0 Å². The molecule has 0 aliphatic rings. The molecule has 1 aromatic rings. The lowest BCUT2D eigenvalue weighted by Gasteiger charge is -2.12. The summed E-state index contributed by atoms with van der Waals surface area (Å²) in [7, 11) is 0. The fourth-order valence-corrected chi connectivity index (χ4v) is 2.22. The van der Waals surface area contributed by atoms with Crippen molar-refractivity contribution in [2.45, 2.75) is 38.6 Å². The summed E-state index contributed by atoms with van der Waals surface area (Å²) in [6.07, 6.45) is 9.53. The lowest BCUT2D eigenvalue weighted by atomic mass is 10.1. The molecule has 0 amide bonds. The average molecular weight is 221 g/mol. The monoisotopic (exact) mass is 221 g/mol. The number of rotatable bonds is 7. The predicted molar refractivity (Wildman–Crippen MR) is 68.2 cm³/mol. The summed E-state index contributed by atoms with van der Waals surface area (Å²) >= 11 is 1.77. The highest BCUT2D eigenvalue weighted by Crippen LogP contribution is 2.08. The minimum atomic E-state index is 0.561. The third-order valence-electron chi connectivity index (χ3n) is 2.36. The molecule has 1 rings (SSSR count). The highest BCUT2D eigenvalue weighted by Gasteiger charge is 2.02. The van der Waals surface area contributed by atoms with Gasteiger partial charge in [-0.05, 0) is 55.1 Å². The van der Waals surface area contributed by atoms with Crippen LogP contribution >= 0.6 is 11.3 Å². The Morgan fingerprint density at radius 3 is 3.07 bits per heavy atom. The number of nitrogens with one attached hydrogen (secondary N) is 1. The largest absolute Gasteiger partial charge is 0.314 e. The molecular weight excluding hydrogens is 202 g/mol. The molecular formula is C13H19NS. The molecule has 0 fully saturated rings. The molecule has 1 unspecified atom stereocenters. The normalized spacial score (nSPS) is 12.3. The molecule has 0 aliphatic carbocycles. The van der Waals surface area contributed by atoms with E-state index in [0.29, 0.717) is 6.04 Å². The third-order valence-corrected chi connectivity index (χ3v) is 3.09. The van der Waals surface area contributed by atoms with Gasteiger partial charge >= 0.3 is 0 Å². The summed E-state index contributed by atoms with van der Waals surface area (Å²) in [6, 6.07) is 2.76. The molecule has 0 saturated carbocycles. The van der Waals surface area contributed by atoms with Crippen LogP contribution in [0.25, 0.3) is 0 Å². The van der Waals surface area contributed by atoms with E-state index in [1.807, 2.05) is 0 Å². The van der Waals surface area contributed by atoms with Gasteiger partial charge in [0.25, 0.3) is 0 Å². The Bertz CT molecular complexity index is 284. The zero-order valence-electron chi connectivity index (χ0n) is 9.33. The van der Waals surface area contributed by atoms with Crippen molar-refractivity contribution in [3.63, 3.8) is 0 Å². The van der Waals surface area contributed by atoms with Crippen molar-refractivity contribution < 1.29 is 0 Å². The van der Waals surface area contributed by atoms with E-state index in [9.17, 15) is 0 Å². The predicted octanol–water partition coefficient (Wildman–Crippen LogP) is 3.07. The van der Waals surface area contributed by atoms with Crippen molar-refractivity contribution >= 4 is 11.3 Å². The van der Waals surface area contributed by atoms with Crippen LogP contribution in [0.2, 0.25) is 0 Å². The first-order valence-corrected chi connectivity index (χ1v) is 6.45. The van der Waals surface area contributed by atoms with Gasteiger partial charge in [0.2, 0.25) is 0 Å². The number of unbranched alkanes of at least 4 members (excludes halogenated alkanes) is 2. The molecule has 1 N–H and O–H groups in total. The Morgan fingerprint density at radius 2 is 2.40 bits per heavy atom. The highest BCUT2D eigenvalue weighted by molar-refractivity contribution is 7.07. The van der Waals surface area contributed by atoms with Gasteiger partial charge in [0.1, 0.15) is 0 Å². The molecule has 0 radical (unpaired) electrons. The maximum absolute atomic E-state index is 5.19. The number of hydrogen-bond donors (Lipinski definition) is 1. The summed E-state index contributed by atoms with van der Waals surface area (Å²) < 4.78 is 0. The Morgan fingerprint density at radius 1 is 1.53 bits per heavy atom. The molecule has 0 saturated heterocycles. The van der Waals surface area contributed by atoms with Crippen LogP contribution in [0.3, 0.4) is 0 Å². The van der Waals surface area contributed by atoms with Gasteiger partial charge in [0, 0.05) is 12.5 Å². The second kappa shape index (κ2) is 7.50. The van der Waals surface area contributed by atoms with Gasteiger partial charge in [-0.2, -0.15) is 11.3 Å². The van der Waals surface area contributed by atoms with Crippen molar-refractivity contribution in [2.75, 3.05) is 6.54 Å². The van der Waals surface area contributed by atoms with Crippen molar-refractivity contribution in [1.82, 2.24) is 5.32 Å². The minimum Gasteiger partial charge on any atom is -0.314 e. The molecule has 15 heavy (non-hydrogen) atoms. The van der Waals surface area contributed by atoms with Crippen molar-refractivity contribution in [1.29, 1.82) is 0 Å². The summed E-state index contributed by atoms with van der Waals surface area (Å²) in [4.78, 5) is 0. The smallest absolute Gasteiger partial charge is 0.00865 e. The first-order valence-electron chi connectivity index (χ1n) is 5.51. The molecule has 0 bridgehead atoms. The van der Waals surface area contributed by atoms with Crippen LogP contribution < -0.4 is 5.32 Å². The van der Waals surface area contributed by atoms with Gasteiger partial charge < -0.3 is 5.32 Å². The molecule has 0 spiro atoms. The van der Waals surface area contributed by atoms with Crippen molar-refractivity contribution in [3.8, 4) is 12.3 Å². The van der Waals surface area contributed by atoms with Crippen molar-refractivity contribution in [3.05, 3.63) is 22.4 Å². The van der Waals surface area contributed by atoms with E-state index < -0.39 is 0 Å². The maximum Gasteiger partial charge on any atom is 0.00865 e. The van der Waals surface area contributed by atoms with E-state index in [0.717, 1.165) is 25.8 Å². The Hall–Kier alpha value is -0.780. The zero-order chi connectivity index (χ0) is 10.9. The average Bonchev–Trinajstić information content (AvgIpc) is 2.70. The molecule has 1 atom stereocenters. The van der Waals surface area contributed by atoms with Crippen molar-refractivity contribution in [2.24, 2.45) is 0 Å². The summed E-state index contributed by atoms with van der Waals surface area (Å²) in [5.41, 5.74) is 1.43. The Kier molecular flexibility index (Phi) is 6.15. The first kappa shape index (κ1) is 12.3. The van der Waals surface area contributed by atoms with E-state index in [2.05, 4.69) is 35.0 Å². The summed E-state index contributed by atoms with van der Waals surface area (Å²) in [6.45, 7) is 3.31. The van der Waals surface area contributed by atoms with Crippen LogP contribution in [0.4, 0.5) is 0 Å². The molecule has 1 heterocycles. The SMILES string of the molecule is C#CCCCCNC(C)Cc1ccsc1. The fourth-order valence-electron chi connectivity index (χ4n) is 1.54. The zero-order valence-corrected chi connectivity index (χ0v) is 10.1. The number of thiophene rings is 1. The van der Waals surface area contributed by atoms with Crippen LogP contribution in [-0.2, 0) is 6.42 Å². The number of hydrogen-bond acceptors (Lipinski definition) is 2. The third kappa shape index (κ3) is 5.61. The van der Waals surface area contributed by atoms with E-state index in [1.165, 1.54) is 12.0 Å². The summed E-state index contributed by atoms with van der Waals surface area (Å²) in [5, 5.41) is 7.87. The second-order valence-electron chi connectivity index (χ2n) is 3.85. The molecule has 0 aliphatic heterocycles. The first-order chi connectivity index (χ1) is 7.33. The Balaban J connectivity index is 2.04. The van der Waals surface area contributed by atoms with E-state index >= 15 is 0 Å². The molecule has 1 aromatic heterocycles. The molecule has 82 valence electrons. The van der Waals surface area contributed by atoms with E-state index in [-0.39, 0.29) is 0 Å². The van der Waals surface area contributed by atoms with E-state index in [1.54, 1.807) is 11.3 Å². The molecule has 1 nitrogen and oxygen atoms in total. The minimum absolute atomic E-state index is 0.561. The lowest BCUT2D eigenvalue weighted by Crippen LogP contribution is -2.28. The van der Waals surface area contributed by atoms with Gasteiger partial charge in [-0.25, -0.2) is 0 Å². The van der Waals surface area contributed by atoms with E-state index in [4.69, 9.17) is 6.42 Å². The Labute approximate surface area is 96.9 Å². The second-order valence-corrected chi connectivity index (χ2v) is 4.63. The topological polar surface area (TPSA) is 12.0 Å². The van der Waals surface area contributed by atoms with Gasteiger partial charge in [-0.3, -0.25) is 0 Å². The maximum atomic E-state index is 5.19. The molecule has 2 heteroatoms.